The summed E-state index contributed by atoms with van der Waals surface area (Å²) in [7, 11) is 0. The second-order valence-electron chi connectivity index (χ2n) is 7.47. The Balaban J connectivity index is 1.58. The predicted molar refractivity (Wildman–Crippen MR) is 94.4 cm³/mol. The van der Waals surface area contributed by atoms with E-state index in [4.69, 9.17) is 14.0 Å². The van der Waals surface area contributed by atoms with E-state index in [-0.39, 0.29) is 6.10 Å². The molecule has 4 rings (SSSR count). The molecule has 1 aromatic carbocycles. The van der Waals surface area contributed by atoms with E-state index in [1.54, 1.807) is 0 Å². The van der Waals surface area contributed by atoms with E-state index in [1.165, 1.54) is 18.4 Å². The fourth-order valence-corrected chi connectivity index (χ4v) is 3.71. The summed E-state index contributed by atoms with van der Waals surface area (Å²) in [4.78, 5) is 4.62. The van der Waals surface area contributed by atoms with Gasteiger partial charge in [0.15, 0.2) is 0 Å². The summed E-state index contributed by atoms with van der Waals surface area (Å²) in [5.41, 5.74) is 2.07. The number of nitrogens with zero attached hydrogens (tertiary/aromatic N) is 2. The van der Waals surface area contributed by atoms with Gasteiger partial charge in [0.25, 0.3) is 5.89 Å². The normalized spacial score (nSPS) is 24.6. The van der Waals surface area contributed by atoms with Crippen LogP contribution >= 0.6 is 0 Å². The molecule has 0 radical (unpaired) electrons. The molecule has 5 nitrogen and oxygen atoms in total. The smallest absolute Gasteiger partial charge is 0.256 e. The molecule has 1 aliphatic heterocycles. The Morgan fingerprint density at radius 1 is 1.16 bits per heavy atom. The van der Waals surface area contributed by atoms with Gasteiger partial charge in [-0.05, 0) is 69.1 Å². The third-order valence-electron chi connectivity index (χ3n) is 5.24. The van der Waals surface area contributed by atoms with Crippen molar-refractivity contribution in [1.29, 1.82) is 0 Å². The minimum absolute atomic E-state index is 0.0883. The molecule has 1 saturated carbocycles. The average Bonchev–Trinajstić information content (AvgIpc) is 3.27. The van der Waals surface area contributed by atoms with Crippen LogP contribution in [0.25, 0.3) is 11.4 Å². The molecule has 1 aliphatic carbocycles. The van der Waals surface area contributed by atoms with Gasteiger partial charge in [-0.15, -0.1) is 0 Å². The van der Waals surface area contributed by atoms with Crippen LogP contribution in [0.3, 0.4) is 0 Å². The van der Waals surface area contributed by atoms with E-state index < -0.39 is 0 Å². The van der Waals surface area contributed by atoms with Crippen LogP contribution in [0.1, 0.15) is 63.0 Å². The highest BCUT2D eigenvalue weighted by Crippen LogP contribution is 2.35. The van der Waals surface area contributed by atoms with E-state index in [2.05, 4.69) is 36.1 Å². The van der Waals surface area contributed by atoms with Crippen molar-refractivity contribution >= 4 is 0 Å². The van der Waals surface area contributed by atoms with Crippen LogP contribution in [0.15, 0.2) is 22.7 Å². The number of rotatable bonds is 4. The lowest BCUT2D eigenvalue weighted by Gasteiger charge is -2.24. The van der Waals surface area contributed by atoms with E-state index in [0.717, 1.165) is 43.6 Å². The highest BCUT2D eigenvalue weighted by atomic mass is 16.5. The summed E-state index contributed by atoms with van der Waals surface area (Å²) < 4.78 is 17.6. The fourth-order valence-electron chi connectivity index (χ4n) is 3.71. The van der Waals surface area contributed by atoms with Crippen molar-refractivity contribution in [2.75, 3.05) is 6.61 Å². The molecule has 2 aromatic rings. The van der Waals surface area contributed by atoms with Crippen molar-refractivity contribution in [3.05, 3.63) is 29.7 Å². The Labute approximate surface area is 148 Å². The van der Waals surface area contributed by atoms with Gasteiger partial charge in [-0.3, -0.25) is 0 Å². The molecule has 0 spiro atoms. The van der Waals surface area contributed by atoms with Gasteiger partial charge in [0.2, 0.25) is 5.82 Å². The maximum Gasteiger partial charge on any atom is 0.256 e. The molecule has 0 N–H and O–H groups in total. The SMILES string of the molecule is Cc1ccc(-c2noc([C@@H]3C[C@@H](C)CCO3)n2)c(OC2CCCC2)c1. The lowest BCUT2D eigenvalue weighted by molar-refractivity contribution is -0.0240. The maximum atomic E-state index is 6.26. The Kier molecular flexibility index (Phi) is 4.75. The molecule has 2 aliphatic rings. The molecule has 0 bridgehead atoms. The third-order valence-corrected chi connectivity index (χ3v) is 5.24. The van der Waals surface area contributed by atoms with Gasteiger partial charge in [-0.25, -0.2) is 0 Å². The number of hydrogen-bond acceptors (Lipinski definition) is 5. The Morgan fingerprint density at radius 3 is 2.80 bits per heavy atom. The highest BCUT2D eigenvalue weighted by Gasteiger charge is 2.27. The van der Waals surface area contributed by atoms with Crippen molar-refractivity contribution in [3.8, 4) is 17.1 Å². The number of aromatic nitrogens is 2. The van der Waals surface area contributed by atoms with Crippen LogP contribution in [-0.2, 0) is 4.74 Å². The Hall–Kier alpha value is -1.88. The summed E-state index contributed by atoms with van der Waals surface area (Å²) in [6, 6.07) is 6.16. The second kappa shape index (κ2) is 7.16. The minimum atomic E-state index is -0.0883. The molecule has 0 unspecified atom stereocenters. The first kappa shape index (κ1) is 16.6. The van der Waals surface area contributed by atoms with Crippen LogP contribution in [0.4, 0.5) is 0 Å². The Morgan fingerprint density at radius 2 is 2.00 bits per heavy atom. The highest BCUT2D eigenvalue weighted by molar-refractivity contribution is 5.64. The van der Waals surface area contributed by atoms with Crippen molar-refractivity contribution in [2.45, 2.75) is 64.6 Å². The van der Waals surface area contributed by atoms with Crippen LogP contribution in [0.2, 0.25) is 0 Å². The van der Waals surface area contributed by atoms with E-state index in [0.29, 0.717) is 23.7 Å². The van der Waals surface area contributed by atoms with E-state index in [9.17, 15) is 0 Å². The van der Waals surface area contributed by atoms with Crippen LogP contribution in [0.5, 0.6) is 5.75 Å². The first-order chi connectivity index (χ1) is 12.2. The van der Waals surface area contributed by atoms with E-state index >= 15 is 0 Å². The zero-order valence-electron chi connectivity index (χ0n) is 15.0. The molecule has 134 valence electrons. The Bertz CT molecular complexity index is 721. The molecular weight excluding hydrogens is 316 g/mol. The molecule has 25 heavy (non-hydrogen) atoms. The molecule has 0 amide bonds. The van der Waals surface area contributed by atoms with Crippen molar-refractivity contribution in [2.24, 2.45) is 5.92 Å². The summed E-state index contributed by atoms with van der Waals surface area (Å²) in [6.07, 6.45) is 6.97. The average molecular weight is 342 g/mol. The molecular formula is C20H26N2O3. The van der Waals surface area contributed by atoms with Gasteiger partial charge in [0, 0.05) is 6.61 Å². The standard InChI is InChI=1S/C20H26N2O3/c1-13-7-8-16(17(11-13)24-15-5-3-4-6-15)19-21-20(25-22-19)18-12-14(2)9-10-23-18/h7-8,11,14-15,18H,3-6,9-10,12H2,1-2H3/t14-,18-/m0/s1. The summed E-state index contributed by atoms with van der Waals surface area (Å²) in [5, 5.41) is 4.21. The molecule has 2 atom stereocenters. The molecule has 5 heteroatoms. The quantitative estimate of drug-likeness (QED) is 0.794. The number of benzene rings is 1. The van der Waals surface area contributed by atoms with Gasteiger partial charge in [-0.1, -0.05) is 18.1 Å². The molecule has 2 fully saturated rings. The van der Waals surface area contributed by atoms with Crippen molar-refractivity contribution in [1.82, 2.24) is 10.1 Å². The molecule has 2 heterocycles. The van der Waals surface area contributed by atoms with Crippen LogP contribution in [0, 0.1) is 12.8 Å². The monoisotopic (exact) mass is 342 g/mol. The first-order valence-corrected chi connectivity index (χ1v) is 9.42. The number of aryl methyl sites for hydroxylation is 1. The molecule has 1 saturated heterocycles. The largest absolute Gasteiger partial charge is 0.490 e. The van der Waals surface area contributed by atoms with Gasteiger partial charge >= 0.3 is 0 Å². The molecule has 1 aromatic heterocycles. The second-order valence-corrected chi connectivity index (χ2v) is 7.47. The lowest BCUT2D eigenvalue weighted by Crippen LogP contribution is -2.18. The summed E-state index contributed by atoms with van der Waals surface area (Å²) in [6.45, 7) is 5.06. The fraction of sp³-hybridized carbons (Fsp3) is 0.600. The maximum absolute atomic E-state index is 6.26. The zero-order valence-corrected chi connectivity index (χ0v) is 15.0. The topological polar surface area (TPSA) is 57.4 Å². The van der Waals surface area contributed by atoms with Crippen molar-refractivity contribution < 1.29 is 14.0 Å². The first-order valence-electron chi connectivity index (χ1n) is 9.42. The minimum Gasteiger partial charge on any atom is -0.490 e. The van der Waals surface area contributed by atoms with Gasteiger partial charge in [-0.2, -0.15) is 4.98 Å². The zero-order chi connectivity index (χ0) is 17.2. The number of ether oxygens (including phenoxy) is 2. The summed E-state index contributed by atoms with van der Waals surface area (Å²) >= 11 is 0. The predicted octanol–water partition coefficient (Wildman–Crippen LogP) is 4.85. The van der Waals surface area contributed by atoms with Gasteiger partial charge < -0.3 is 14.0 Å². The van der Waals surface area contributed by atoms with Crippen LogP contribution < -0.4 is 4.74 Å². The summed E-state index contributed by atoms with van der Waals surface area (Å²) in [5.74, 6) is 2.64. The third kappa shape index (κ3) is 3.71. The van der Waals surface area contributed by atoms with Gasteiger partial charge in [0.05, 0.1) is 11.7 Å². The van der Waals surface area contributed by atoms with Gasteiger partial charge in [0.1, 0.15) is 11.9 Å². The van der Waals surface area contributed by atoms with Crippen molar-refractivity contribution in [3.63, 3.8) is 0 Å². The van der Waals surface area contributed by atoms with E-state index in [1.807, 2.05) is 6.07 Å². The van der Waals surface area contributed by atoms with Crippen LogP contribution in [-0.4, -0.2) is 22.9 Å². The lowest BCUT2D eigenvalue weighted by atomic mass is 9.98. The number of hydrogen-bond donors (Lipinski definition) is 0.